The van der Waals surface area contributed by atoms with Gasteiger partial charge in [-0.1, -0.05) is 26.5 Å². The summed E-state index contributed by atoms with van der Waals surface area (Å²) in [5.74, 6) is -3.61. The van der Waals surface area contributed by atoms with Crippen molar-refractivity contribution >= 4 is 11.6 Å². The summed E-state index contributed by atoms with van der Waals surface area (Å²) < 4.78 is 19.1. The van der Waals surface area contributed by atoms with Gasteiger partial charge in [-0.05, 0) is 49.7 Å². The number of fused-ring (bicyclic) bond motifs is 1. The number of ketones is 2. The van der Waals surface area contributed by atoms with Crippen molar-refractivity contribution in [1.82, 2.24) is 0 Å². The number of allylic oxidation sites excluding steroid dienone is 2. The Morgan fingerprint density at radius 1 is 1.17 bits per heavy atom. The number of Topliss-reactive ketones (excluding diaryl/α,β-unsaturated/α-hetero) is 1. The van der Waals surface area contributed by atoms with Gasteiger partial charge >= 0.3 is 0 Å². The Labute approximate surface area is 170 Å². The fourth-order valence-corrected chi connectivity index (χ4v) is 8.23. The molecule has 6 fully saturated rings. The predicted molar refractivity (Wildman–Crippen MR) is 101 cm³/mol. The highest BCUT2D eigenvalue weighted by Gasteiger charge is 2.89. The number of aliphatic hydroxyl groups is 1. The van der Waals surface area contributed by atoms with Crippen molar-refractivity contribution in [3.8, 4) is 0 Å². The Morgan fingerprint density at radius 2 is 1.90 bits per heavy atom. The minimum atomic E-state index is -1.53. The summed E-state index contributed by atoms with van der Waals surface area (Å²) in [6, 6.07) is 0. The van der Waals surface area contributed by atoms with Crippen LogP contribution in [0.2, 0.25) is 0 Å². The van der Waals surface area contributed by atoms with E-state index >= 15 is 0 Å². The largest absolute Gasteiger partial charge is 0.387 e. The zero-order valence-electron chi connectivity index (χ0n) is 17.4. The molecule has 6 nitrogen and oxygen atoms in total. The van der Waals surface area contributed by atoms with Gasteiger partial charge in [0.25, 0.3) is 0 Å². The molecule has 6 heteroatoms. The molecular weight excluding hydrogens is 372 g/mol. The van der Waals surface area contributed by atoms with Gasteiger partial charge < -0.3 is 19.3 Å². The lowest BCUT2D eigenvalue weighted by molar-refractivity contribution is -0.521. The minimum absolute atomic E-state index is 0.0547. The molecular formula is C23H28O6. The highest BCUT2D eigenvalue weighted by atomic mass is 16.8. The maximum atomic E-state index is 13.9. The molecule has 156 valence electrons. The Bertz CT molecular complexity index is 916. The number of aliphatic hydroxyl groups excluding tert-OH is 1. The molecule has 0 amide bonds. The van der Waals surface area contributed by atoms with E-state index in [2.05, 4.69) is 6.58 Å². The van der Waals surface area contributed by atoms with Crippen molar-refractivity contribution in [1.29, 1.82) is 0 Å². The van der Waals surface area contributed by atoms with Gasteiger partial charge in [0, 0.05) is 11.8 Å². The van der Waals surface area contributed by atoms with Crippen LogP contribution in [0.3, 0.4) is 0 Å². The zero-order chi connectivity index (χ0) is 20.8. The van der Waals surface area contributed by atoms with Gasteiger partial charge in [0.05, 0.1) is 18.1 Å². The van der Waals surface area contributed by atoms with Gasteiger partial charge in [-0.15, -0.1) is 0 Å². The Balaban J connectivity index is 1.71. The smallest absolute Gasteiger partial charge is 0.213 e. The van der Waals surface area contributed by atoms with Crippen LogP contribution in [0.4, 0.5) is 0 Å². The van der Waals surface area contributed by atoms with Crippen molar-refractivity contribution in [2.24, 2.45) is 34.0 Å². The topological polar surface area (TPSA) is 82.1 Å². The molecule has 4 bridgehead atoms. The average Bonchev–Trinajstić information content (AvgIpc) is 2.75. The second-order valence-corrected chi connectivity index (χ2v) is 10.9. The predicted octanol–water partition coefficient (Wildman–Crippen LogP) is 2.16. The summed E-state index contributed by atoms with van der Waals surface area (Å²) in [5.41, 5.74) is -2.11. The lowest BCUT2D eigenvalue weighted by atomic mass is 9.36. The van der Waals surface area contributed by atoms with Crippen LogP contribution in [0.5, 0.6) is 0 Å². The number of ether oxygens (including phenoxy) is 3. The van der Waals surface area contributed by atoms with Crippen LogP contribution in [0, 0.1) is 34.0 Å². The molecule has 0 aromatic rings. The zero-order valence-corrected chi connectivity index (χ0v) is 17.4. The van der Waals surface area contributed by atoms with E-state index in [0.717, 1.165) is 6.42 Å². The van der Waals surface area contributed by atoms with E-state index in [-0.39, 0.29) is 30.0 Å². The van der Waals surface area contributed by atoms with Crippen molar-refractivity contribution in [2.45, 2.75) is 64.3 Å². The summed E-state index contributed by atoms with van der Waals surface area (Å²) in [6.07, 6.45) is 3.33. The van der Waals surface area contributed by atoms with Gasteiger partial charge in [-0.3, -0.25) is 9.59 Å². The molecule has 8 atom stereocenters. The molecule has 4 aliphatic carbocycles. The molecule has 3 spiro atoms. The first-order valence-corrected chi connectivity index (χ1v) is 10.6. The third-order valence-electron chi connectivity index (χ3n) is 8.96. The number of carbonyl (C=O) groups excluding carboxylic acids is 2. The highest BCUT2D eigenvalue weighted by Crippen LogP contribution is 2.78. The standard InChI is InChI=1S/C23H28O6/c1-11-12-6-7-13-21-10-27-23(17(26)15(21)19(2,3)9-8-14(21)24)22(13,16(11)25)18(12)28-20(4,5)29-23/h8-9,12-13,15,17-18,26H,1,6-7,10H2,2-5H3/t12-,13?,15?,17-,18+,21+,22-,23?/m0/s1. The van der Waals surface area contributed by atoms with E-state index < -0.39 is 45.9 Å². The van der Waals surface area contributed by atoms with E-state index in [4.69, 9.17) is 14.2 Å². The lowest BCUT2D eigenvalue weighted by Crippen LogP contribution is -2.88. The van der Waals surface area contributed by atoms with E-state index in [0.29, 0.717) is 12.0 Å². The van der Waals surface area contributed by atoms with Crippen molar-refractivity contribution in [3.63, 3.8) is 0 Å². The Morgan fingerprint density at radius 3 is 2.62 bits per heavy atom. The van der Waals surface area contributed by atoms with Crippen LogP contribution >= 0.6 is 0 Å². The van der Waals surface area contributed by atoms with Gasteiger partial charge in [-0.25, -0.2) is 0 Å². The van der Waals surface area contributed by atoms with Gasteiger partial charge in [0.1, 0.15) is 11.5 Å². The molecule has 29 heavy (non-hydrogen) atoms. The second-order valence-electron chi connectivity index (χ2n) is 10.9. The van der Waals surface area contributed by atoms with E-state index in [1.165, 1.54) is 0 Å². The van der Waals surface area contributed by atoms with E-state index in [9.17, 15) is 14.7 Å². The number of carbonyl (C=O) groups is 2. The van der Waals surface area contributed by atoms with Gasteiger partial charge in [0.15, 0.2) is 17.4 Å². The molecule has 3 unspecified atom stereocenters. The molecule has 0 aromatic carbocycles. The lowest BCUT2D eigenvalue weighted by Gasteiger charge is -2.75. The Kier molecular flexibility index (Phi) is 3.03. The molecule has 1 N–H and O–H groups in total. The Hall–Kier alpha value is -1.34. The fraction of sp³-hybridized carbons (Fsp3) is 0.739. The summed E-state index contributed by atoms with van der Waals surface area (Å²) >= 11 is 0. The van der Waals surface area contributed by atoms with E-state index in [1.54, 1.807) is 19.9 Å². The number of rotatable bonds is 0. The molecule has 7 aliphatic rings. The first kappa shape index (κ1) is 18.4. The quantitative estimate of drug-likeness (QED) is 0.628. The molecule has 7 rings (SSSR count). The molecule has 3 saturated heterocycles. The van der Waals surface area contributed by atoms with Crippen LogP contribution in [-0.4, -0.2) is 47.1 Å². The molecule has 0 radical (unpaired) electrons. The normalized spacial score (nSPS) is 55.6. The van der Waals surface area contributed by atoms with Crippen molar-refractivity contribution in [3.05, 3.63) is 24.3 Å². The average molecular weight is 400 g/mol. The van der Waals surface area contributed by atoms with Gasteiger partial charge in [-0.2, -0.15) is 0 Å². The monoisotopic (exact) mass is 400 g/mol. The third-order valence-corrected chi connectivity index (χ3v) is 8.96. The summed E-state index contributed by atoms with van der Waals surface area (Å²) in [6.45, 7) is 11.9. The minimum Gasteiger partial charge on any atom is -0.387 e. The third kappa shape index (κ3) is 1.60. The summed E-state index contributed by atoms with van der Waals surface area (Å²) in [5, 5.41) is 11.9. The van der Waals surface area contributed by atoms with Crippen LogP contribution in [0.1, 0.15) is 40.5 Å². The number of hydrogen-bond donors (Lipinski definition) is 1. The summed E-state index contributed by atoms with van der Waals surface area (Å²) in [7, 11) is 0. The van der Waals surface area contributed by atoms with Crippen LogP contribution in [0.15, 0.2) is 24.3 Å². The van der Waals surface area contributed by atoms with Gasteiger partial charge in [0.2, 0.25) is 5.79 Å². The first-order valence-electron chi connectivity index (χ1n) is 10.6. The van der Waals surface area contributed by atoms with Crippen LogP contribution < -0.4 is 0 Å². The maximum Gasteiger partial charge on any atom is 0.213 e. The SMILES string of the molecule is C=C1C(=O)[C@@]23C4CC[C@@H]1[C@H]2OC(C)(C)OC31OC[C@]42C(=O)C=CC(C)(C)C2[C@@H]1O. The second kappa shape index (κ2) is 4.77. The van der Waals surface area contributed by atoms with Crippen molar-refractivity contribution < 1.29 is 28.9 Å². The molecule has 3 heterocycles. The molecule has 3 aliphatic heterocycles. The highest BCUT2D eigenvalue weighted by molar-refractivity contribution is 6.07. The molecule has 3 saturated carbocycles. The van der Waals surface area contributed by atoms with Crippen LogP contribution in [-0.2, 0) is 23.8 Å². The van der Waals surface area contributed by atoms with Crippen molar-refractivity contribution in [2.75, 3.05) is 6.61 Å². The van der Waals surface area contributed by atoms with E-state index in [1.807, 2.05) is 19.9 Å². The molecule has 0 aromatic heterocycles. The number of hydrogen-bond acceptors (Lipinski definition) is 6. The summed E-state index contributed by atoms with van der Waals surface area (Å²) in [4.78, 5) is 27.4. The first-order chi connectivity index (χ1) is 13.5. The maximum absolute atomic E-state index is 13.9. The van der Waals surface area contributed by atoms with Crippen LogP contribution in [0.25, 0.3) is 0 Å². The fourth-order valence-electron chi connectivity index (χ4n) is 8.23.